The monoisotopic (exact) mass is 558 g/mol. The van der Waals surface area contributed by atoms with Gasteiger partial charge in [0.25, 0.3) is 0 Å². The van der Waals surface area contributed by atoms with E-state index in [0.29, 0.717) is 38.1 Å². The zero-order valence-electron chi connectivity index (χ0n) is 22.8. The van der Waals surface area contributed by atoms with Crippen molar-refractivity contribution in [2.75, 3.05) is 75.7 Å². The van der Waals surface area contributed by atoms with Gasteiger partial charge in [0.1, 0.15) is 5.82 Å². The molecule has 0 saturated carbocycles. The lowest BCUT2D eigenvalue weighted by Gasteiger charge is -2.50. The highest BCUT2D eigenvalue weighted by Gasteiger charge is 2.40. The number of carbonyl (C=O) groups excluding carboxylic acids is 1. The number of morpholine rings is 1. The van der Waals surface area contributed by atoms with Gasteiger partial charge in [-0.25, -0.2) is 13.6 Å². The molecule has 4 atom stereocenters. The second-order valence-electron chi connectivity index (χ2n) is 11.2. The third kappa shape index (κ3) is 5.13. The van der Waals surface area contributed by atoms with Crippen molar-refractivity contribution in [1.82, 2.24) is 30.2 Å². The van der Waals surface area contributed by atoms with Crippen molar-refractivity contribution in [1.29, 1.82) is 0 Å². The van der Waals surface area contributed by atoms with E-state index in [9.17, 15) is 18.7 Å². The molecule has 2 aromatic rings. The number of nitrogens with zero attached hydrogens (tertiary/aromatic N) is 6. The minimum absolute atomic E-state index is 0.0112. The van der Waals surface area contributed by atoms with Crippen LogP contribution in [0.2, 0.25) is 0 Å². The summed E-state index contributed by atoms with van der Waals surface area (Å²) in [4.78, 5) is 22.3. The molecule has 0 radical (unpaired) electrons. The van der Waals surface area contributed by atoms with E-state index in [0.717, 1.165) is 51.1 Å². The quantitative estimate of drug-likeness (QED) is 0.517. The van der Waals surface area contributed by atoms with Crippen molar-refractivity contribution >= 4 is 17.5 Å². The topological polar surface area (TPSA) is 109 Å². The van der Waals surface area contributed by atoms with Crippen LogP contribution in [0.3, 0.4) is 0 Å². The van der Waals surface area contributed by atoms with Crippen molar-refractivity contribution in [2.45, 2.75) is 38.1 Å². The Hall–Kier alpha value is -3.29. The zero-order valence-corrected chi connectivity index (χ0v) is 22.8. The van der Waals surface area contributed by atoms with Gasteiger partial charge in [-0.2, -0.15) is 0 Å². The first kappa shape index (κ1) is 26.9. The van der Waals surface area contributed by atoms with E-state index in [-0.39, 0.29) is 41.5 Å². The summed E-state index contributed by atoms with van der Waals surface area (Å²) in [5.41, 5.74) is 0.842. The Morgan fingerprint density at radius 3 is 2.65 bits per heavy atom. The van der Waals surface area contributed by atoms with Gasteiger partial charge in [-0.05, 0) is 26.0 Å². The molecular formula is C27H36F2N8O3. The van der Waals surface area contributed by atoms with Gasteiger partial charge in [0, 0.05) is 82.6 Å². The predicted molar refractivity (Wildman–Crippen MR) is 145 cm³/mol. The number of urea groups is 1. The second kappa shape index (κ2) is 10.9. The first-order chi connectivity index (χ1) is 19.3. The van der Waals surface area contributed by atoms with Gasteiger partial charge in [0.05, 0.1) is 30.1 Å². The van der Waals surface area contributed by atoms with E-state index >= 15 is 0 Å². The first-order valence-corrected chi connectivity index (χ1v) is 14.0. The third-order valence-electron chi connectivity index (χ3n) is 8.33. The molecule has 2 amide bonds. The number of phenolic OH excluding ortho intramolecular Hbond substituents is 1. The highest BCUT2D eigenvalue weighted by molar-refractivity contribution is 5.79. The summed E-state index contributed by atoms with van der Waals surface area (Å²) in [5, 5.41) is 25.1. The summed E-state index contributed by atoms with van der Waals surface area (Å²) in [6, 6.07) is 3.55. The SMILES string of the molecule is C[C@@H]1CN(C[C@@H]2CNCCO2)C[C@H](C)N1C(=O)N1CCN2c3cc(-c4cc(F)cc(F)c4O)nnc3NC[C@H]2C1. The van der Waals surface area contributed by atoms with E-state index < -0.39 is 17.4 Å². The van der Waals surface area contributed by atoms with Crippen molar-refractivity contribution in [2.24, 2.45) is 0 Å². The molecule has 0 bridgehead atoms. The lowest BCUT2D eigenvalue weighted by Crippen LogP contribution is -2.66. The van der Waals surface area contributed by atoms with E-state index in [1.54, 1.807) is 6.07 Å². The molecule has 0 spiro atoms. The Labute approximate surface area is 232 Å². The molecule has 13 heteroatoms. The van der Waals surface area contributed by atoms with Crippen LogP contribution in [0, 0.1) is 11.6 Å². The summed E-state index contributed by atoms with van der Waals surface area (Å²) in [6.07, 6.45) is 0.180. The maximum absolute atomic E-state index is 14.0. The molecule has 6 rings (SSSR count). The number of hydrogen-bond donors (Lipinski definition) is 3. The number of aromatic nitrogens is 2. The minimum atomic E-state index is -1.05. The standard InChI is InChI=1S/C27H36F2N8O3/c1-16-12-34(15-20-11-30-3-6-40-20)13-17(2)37(16)27(39)35-4-5-36-19(14-35)10-31-26-24(36)9-23(32-33-26)21-7-18(28)8-22(29)25(21)38/h7-9,16-17,19-20,30,38H,3-6,10-15H2,1-2H3,(H,31,33)/t16-,17+,19-,20-/m0/s1. The zero-order chi connectivity index (χ0) is 28.0. The maximum Gasteiger partial charge on any atom is 0.320 e. The molecule has 3 saturated heterocycles. The number of fused-ring (bicyclic) bond motifs is 3. The van der Waals surface area contributed by atoms with Crippen LogP contribution in [-0.4, -0.2) is 126 Å². The molecule has 1 aromatic heterocycles. The normalized spacial score (nSPS) is 27.1. The number of rotatable bonds is 3. The first-order valence-electron chi connectivity index (χ1n) is 14.0. The molecule has 5 heterocycles. The Bertz CT molecular complexity index is 1250. The molecule has 216 valence electrons. The summed E-state index contributed by atoms with van der Waals surface area (Å²) >= 11 is 0. The van der Waals surface area contributed by atoms with Crippen LogP contribution in [0.15, 0.2) is 18.2 Å². The summed E-state index contributed by atoms with van der Waals surface area (Å²) in [5.74, 6) is -1.97. The molecule has 1 aromatic carbocycles. The van der Waals surface area contributed by atoms with Crippen LogP contribution in [0.5, 0.6) is 5.75 Å². The number of aromatic hydroxyl groups is 1. The average Bonchev–Trinajstić information content (AvgIpc) is 2.94. The maximum atomic E-state index is 14.0. The van der Waals surface area contributed by atoms with E-state index in [1.165, 1.54) is 0 Å². The van der Waals surface area contributed by atoms with Gasteiger partial charge in [-0.3, -0.25) is 4.90 Å². The number of anilines is 2. The third-order valence-corrected chi connectivity index (χ3v) is 8.33. The Morgan fingerprint density at radius 2 is 1.90 bits per heavy atom. The molecule has 40 heavy (non-hydrogen) atoms. The molecule has 0 aliphatic carbocycles. The molecule has 3 N–H and O–H groups in total. The number of piperazine rings is 2. The number of nitrogens with one attached hydrogen (secondary N) is 2. The van der Waals surface area contributed by atoms with Crippen molar-refractivity contribution in [3.05, 3.63) is 29.8 Å². The van der Waals surface area contributed by atoms with Gasteiger partial charge < -0.3 is 35.2 Å². The van der Waals surface area contributed by atoms with Crippen LogP contribution < -0.4 is 15.5 Å². The van der Waals surface area contributed by atoms with Gasteiger partial charge >= 0.3 is 6.03 Å². The highest BCUT2D eigenvalue weighted by atomic mass is 19.1. The van der Waals surface area contributed by atoms with Crippen LogP contribution in [-0.2, 0) is 4.74 Å². The predicted octanol–water partition coefficient (Wildman–Crippen LogP) is 1.55. The number of benzene rings is 1. The summed E-state index contributed by atoms with van der Waals surface area (Å²) < 4.78 is 33.7. The van der Waals surface area contributed by atoms with Gasteiger partial charge in [-0.1, -0.05) is 0 Å². The largest absolute Gasteiger partial charge is 0.504 e. The molecule has 4 aliphatic rings. The summed E-state index contributed by atoms with van der Waals surface area (Å²) in [6.45, 7) is 11.4. The number of phenols is 1. The second-order valence-corrected chi connectivity index (χ2v) is 11.2. The van der Waals surface area contributed by atoms with E-state index in [1.807, 2.05) is 9.80 Å². The molecule has 3 fully saturated rings. The number of ether oxygens (including phenoxy) is 1. The van der Waals surface area contributed by atoms with Gasteiger partial charge in [0.2, 0.25) is 0 Å². The van der Waals surface area contributed by atoms with Crippen molar-refractivity contribution in [3.8, 4) is 17.0 Å². The molecular weight excluding hydrogens is 522 g/mol. The van der Waals surface area contributed by atoms with Crippen LogP contribution in [0.1, 0.15) is 13.8 Å². The fourth-order valence-corrected chi connectivity index (χ4v) is 6.50. The Morgan fingerprint density at radius 1 is 1.10 bits per heavy atom. The number of carbonyl (C=O) groups is 1. The fraction of sp³-hybridized carbons (Fsp3) is 0.593. The minimum Gasteiger partial charge on any atom is -0.504 e. The van der Waals surface area contributed by atoms with Gasteiger partial charge in [-0.15, -0.1) is 10.2 Å². The number of hydrogen-bond acceptors (Lipinski definition) is 9. The average molecular weight is 559 g/mol. The summed E-state index contributed by atoms with van der Waals surface area (Å²) in [7, 11) is 0. The van der Waals surface area contributed by atoms with Crippen LogP contribution >= 0.6 is 0 Å². The van der Waals surface area contributed by atoms with E-state index in [2.05, 4.69) is 44.5 Å². The number of halogens is 2. The molecule has 4 aliphatic heterocycles. The molecule has 0 unspecified atom stereocenters. The smallest absolute Gasteiger partial charge is 0.320 e. The fourth-order valence-electron chi connectivity index (χ4n) is 6.50. The Balaban J connectivity index is 1.13. The number of amides is 2. The lowest BCUT2D eigenvalue weighted by atomic mass is 10.0. The molecule has 11 nitrogen and oxygen atoms in total. The lowest BCUT2D eigenvalue weighted by molar-refractivity contribution is -0.0187. The van der Waals surface area contributed by atoms with Crippen molar-refractivity contribution in [3.63, 3.8) is 0 Å². The van der Waals surface area contributed by atoms with Crippen LogP contribution in [0.25, 0.3) is 11.3 Å². The van der Waals surface area contributed by atoms with E-state index in [4.69, 9.17) is 4.74 Å². The van der Waals surface area contributed by atoms with Crippen molar-refractivity contribution < 1.29 is 23.4 Å². The highest BCUT2D eigenvalue weighted by Crippen LogP contribution is 2.37. The van der Waals surface area contributed by atoms with Gasteiger partial charge in [0.15, 0.2) is 17.4 Å². The van der Waals surface area contributed by atoms with Crippen LogP contribution in [0.4, 0.5) is 25.1 Å². The Kier molecular flexibility index (Phi) is 7.36.